The molecule has 0 atom stereocenters. The zero-order chi connectivity index (χ0) is 10.5. The molecule has 0 aliphatic rings. The molecule has 14 heavy (non-hydrogen) atoms. The summed E-state index contributed by atoms with van der Waals surface area (Å²) in [5, 5.41) is 4.04. The van der Waals surface area contributed by atoms with Crippen LogP contribution in [0.1, 0.15) is 5.69 Å². The van der Waals surface area contributed by atoms with Crippen LogP contribution in [-0.2, 0) is 7.05 Å². The van der Waals surface area contributed by atoms with Crippen LogP contribution in [0.4, 0.5) is 13.2 Å². The Morgan fingerprint density at radius 3 is 2.50 bits per heavy atom. The number of hydrogen-bond acceptors (Lipinski definition) is 1. The first kappa shape index (κ1) is 9.05. The maximum absolute atomic E-state index is 13.2. The summed E-state index contributed by atoms with van der Waals surface area (Å²) in [4.78, 5) is 0. The van der Waals surface area contributed by atoms with E-state index in [1.165, 1.54) is 4.68 Å². The van der Waals surface area contributed by atoms with Crippen LogP contribution in [0.3, 0.4) is 0 Å². The van der Waals surface area contributed by atoms with Crippen LogP contribution in [0, 0.1) is 24.4 Å². The van der Waals surface area contributed by atoms with Crippen LogP contribution in [0.5, 0.6) is 0 Å². The molecule has 0 amide bonds. The lowest BCUT2D eigenvalue weighted by Gasteiger charge is -1.95. The Bertz CT molecular complexity index is 516. The van der Waals surface area contributed by atoms with Crippen molar-refractivity contribution < 1.29 is 13.2 Å². The average Bonchev–Trinajstić information content (AvgIpc) is 2.42. The summed E-state index contributed by atoms with van der Waals surface area (Å²) in [5.74, 6) is -3.90. The molecule has 5 heteroatoms. The third-order valence-electron chi connectivity index (χ3n) is 2.26. The highest BCUT2D eigenvalue weighted by Gasteiger charge is 2.17. The molecular formula is C9H7F3N2. The highest BCUT2D eigenvalue weighted by molar-refractivity contribution is 5.82. The lowest BCUT2D eigenvalue weighted by atomic mass is 10.2. The van der Waals surface area contributed by atoms with E-state index in [1.54, 1.807) is 14.0 Å². The molecule has 1 aromatic heterocycles. The van der Waals surface area contributed by atoms with Crippen LogP contribution in [-0.4, -0.2) is 9.78 Å². The van der Waals surface area contributed by atoms with Gasteiger partial charge in [0.25, 0.3) is 0 Å². The van der Waals surface area contributed by atoms with Crippen molar-refractivity contribution in [3.05, 3.63) is 29.2 Å². The van der Waals surface area contributed by atoms with Crippen molar-refractivity contribution in [3.63, 3.8) is 0 Å². The van der Waals surface area contributed by atoms with Gasteiger partial charge in [-0.3, -0.25) is 4.68 Å². The minimum absolute atomic E-state index is 0.135. The van der Waals surface area contributed by atoms with Crippen LogP contribution >= 0.6 is 0 Å². The van der Waals surface area contributed by atoms with Crippen molar-refractivity contribution in [1.82, 2.24) is 9.78 Å². The van der Waals surface area contributed by atoms with E-state index >= 15 is 0 Å². The number of rotatable bonds is 0. The SMILES string of the molecule is Cc1c2cc(F)c(F)c(F)c2nn1C. The van der Waals surface area contributed by atoms with E-state index in [0.29, 0.717) is 11.1 Å². The van der Waals surface area contributed by atoms with Crippen molar-refractivity contribution in [2.75, 3.05) is 0 Å². The summed E-state index contributed by atoms with van der Waals surface area (Å²) in [6.07, 6.45) is 0. The summed E-state index contributed by atoms with van der Waals surface area (Å²) in [7, 11) is 1.59. The van der Waals surface area contributed by atoms with Crippen LogP contribution in [0.25, 0.3) is 10.9 Å². The predicted molar refractivity (Wildman–Crippen MR) is 45.3 cm³/mol. The minimum Gasteiger partial charge on any atom is -0.272 e. The molecule has 2 rings (SSSR count). The molecule has 2 nitrogen and oxygen atoms in total. The van der Waals surface area contributed by atoms with Gasteiger partial charge in [-0.25, -0.2) is 13.2 Å². The Morgan fingerprint density at radius 2 is 1.86 bits per heavy atom. The molecule has 0 spiro atoms. The van der Waals surface area contributed by atoms with E-state index in [9.17, 15) is 13.2 Å². The van der Waals surface area contributed by atoms with Gasteiger partial charge in [-0.05, 0) is 13.0 Å². The molecule has 0 aliphatic heterocycles. The van der Waals surface area contributed by atoms with Crippen LogP contribution < -0.4 is 0 Å². The summed E-state index contributed by atoms with van der Waals surface area (Å²) in [6.45, 7) is 1.66. The number of hydrogen-bond donors (Lipinski definition) is 0. The Kier molecular flexibility index (Phi) is 1.77. The van der Waals surface area contributed by atoms with E-state index in [4.69, 9.17) is 0 Å². The fourth-order valence-corrected chi connectivity index (χ4v) is 1.36. The fourth-order valence-electron chi connectivity index (χ4n) is 1.36. The maximum Gasteiger partial charge on any atom is 0.196 e. The van der Waals surface area contributed by atoms with Gasteiger partial charge in [-0.2, -0.15) is 5.10 Å². The van der Waals surface area contributed by atoms with Gasteiger partial charge in [-0.1, -0.05) is 0 Å². The minimum atomic E-state index is -1.48. The van der Waals surface area contributed by atoms with Crippen LogP contribution in [0.2, 0.25) is 0 Å². The highest BCUT2D eigenvalue weighted by Crippen LogP contribution is 2.24. The standard InChI is InChI=1S/C9H7F3N2/c1-4-5-3-6(10)7(11)8(12)9(5)13-14(4)2/h3H,1-2H3. The third kappa shape index (κ3) is 1.01. The number of aromatic nitrogens is 2. The number of benzene rings is 1. The molecular weight excluding hydrogens is 193 g/mol. The second kappa shape index (κ2) is 2.73. The third-order valence-corrected chi connectivity index (χ3v) is 2.26. The number of halogens is 3. The molecule has 1 heterocycles. The molecule has 0 fully saturated rings. The van der Waals surface area contributed by atoms with E-state index in [-0.39, 0.29) is 5.52 Å². The molecule has 0 bridgehead atoms. The van der Waals surface area contributed by atoms with Gasteiger partial charge in [0.15, 0.2) is 17.5 Å². The Labute approximate surface area is 77.9 Å². The fraction of sp³-hybridized carbons (Fsp3) is 0.222. The smallest absolute Gasteiger partial charge is 0.196 e. The molecule has 0 N–H and O–H groups in total. The summed E-state index contributed by atoms with van der Waals surface area (Å²) in [6, 6.07) is 0.954. The molecule has 0 aliphatic carbocycles. The first-order valence-electron chi connectivity index (χ1n) is 3.99. The van der Waals surface area contributed by atoms with E-state index < -0.39 is 17.5 Å². The van der Waals surface area contributed by atoms with Crippen molar-refractivity contribution in [2.24, 2.45) is 7.05 Å². The second-order valence-corrected chi connectivity index (χ2v) is 3.09. The summed E-state index contributed by atoms with van der Waals surface area (Å²) >= 11 is 0. The molecule has 0 saturated heterocycles. The van der Waals surface area contributed by atoms with Gasteiger partial charge >= 0.3 is 0 Å². The number of aryl methyl sites for hydroxylation is 2. The van der Waals surface area contributed by atoms with Crippen molar-refractivity contribution in [3.8, 4) is 0 Å². The van der Waals surface area contributed by atoms with Gasteiger partial charge in [0, 0.05) is 18.1 Å². The molecule has 0 unspecified atom stereocenters. The zero-order valence-electron chi connectivity index (χ0n) is 7.61. The molecule has 0 radical (unpaired) electrons. The van der Waals surface area contributed by atoms with Gasteiger partial charge in [0.05, 0.1) is 0 Å². The van der Waals surface area contributed by atoms with Gasteiger partial charge < -0.3 is 0 Å². The van der Waals surface area contributed by atoms with Crippen molar-refractivity contribution in [1.29, 1.82) is 0 Å². The largest absolute Gasteiger partial charge is 0.272 e. The topological polar surface area (TPSA) is 17.8 Å². The van der Waals surface area contributed by atoms with E-state index in [2.05, 4.69) is 5.10 Å². The van der Waals surface area contributed by atoms with Crippen molar-refractivity contribution >= 4 is 10.9 Å². The molecule has 1 aromatic carbocycles. The zero-order valence-corrected chi connectivity index (χ0v) is 7.61. The number of nitrogens with zero attached hydrogens (tertiary/aromatic N) is 2. The van der Waals surface area contributed by atoms with E-state index in [1.807, 2.05) is 0 Å². The monoisotopic (exact) mass is 200 g/mol. The second-order valence-electron chi connectivity index (χ2n) is 3.09. The predicted octanol–water partition coefficient (Wildman–Crippen LogP) is 2.30. The Morgan fingerprint density at radius 1 is 1.21 bits per heavy atom. The normalized spacial score (nSPS) is 11.2. The summed E-state index contributed by atoms with van der Waals surface area (Å²) < 4.78 is 40.2. The lowest BCUT2D eigenvalue weighted by molar-refractivity contribution is 0.452. The van der Waals surface area contributed by atoms with Gasteiger partial charge in [-0.15, -0.1) is 0 Å². The van der Waals surface area contributed by atoms with Gasteiger partial charge in [0.2, 0.25) is 0 Å². The van der Waals surface area contributed by atoms with E-state index in [0.717, 1.165) is 6.07 Å². The summed E-state index contributed by atoms with van der Waals surface area (Å²) in [5.41, 5.74) is 0.460. The Hall–Kier alpha value is -1.52. The van der Waals surface area contributed by atoms with Crippen molar-refractivity contribution in [2.45, 2.75) is 6.92 Å². The first-order chi connectivity index (χ1) is 6.52. The quantitative estimate of drug-likeness (QED) is 0.596. The lowest BCUT2D eigenvalue weighted by Crippen LogP contribution is -1.92. The first-order valence-corrected chi connectivity index (χ1v) is 3.99. The number of fused-ring (bicyclic) bond motifs is 1. The maximum atomic E-state index is 13.2. The Balaban J connectivity index is 2.98. The van der Waals surface area contributed by atoms with Gasteiger partial charge in [0.1, 0.15) is 5.52 Å². The average molecular weight is 200 g/mol. The van der Waals surface area contributed by atoms with Crippen LogP contribution in [0.15, 0.2) is 6.07 Å². The molecule has 0 saturated carbocycles. The highest BCUT2D eigenvalue weighted by atomic mass is 19.2. The molecule has 74 valence electrons. The molecule has 2 aromatic rings.